The van der Waals surface area contributed by atoms with E-state index in [1.165, 1.54) is 91.5 Å². The maximum absolute atomic E-state index is 13.6. The summed E-state index contributed by atoms with van der Waals surface area (Å²) >= 11 is 17.2. The molecule has 12 rings (SSSR count). The Hall–Kier alpha value is -12.1. The van der Waals surface area contributed by atoms with Crippen LogP contribution in [0.2, 0.25) is 15.1 Å². The molecule has 0 amide bonds. The Bertz CT molecular complexity index is 5270. The van der Waals surface area contributed by atoms with E-state index in [1.54, 1.807) is 114 Å². The fourth-order valence-corrected chi connectivity index (χ4v) is 11.1. The molecule has 0 saturated carbocycles. The molecule has 0 unspecified atom stereocenters. The molecule has 0 aliphatic carbocycles. The maximum atomic E-state index is 13.6. The number of benzene rings is 6. The van der Waals surface area contributed by atoms with Gasteiger partial charge < -0.3 is 0 Å². The third kappa shape index (κ3) is 36.5. The summed E-state index contributed by atoms with van der Waals surface area (Å²) in [4.78, 5) is 102. The number of ketones is 6. The third-order valence-corrected chi connectivity index (χ3v) is 17.3. The van der Waals surface area contributed by atoms with Crippen LogP contribution >= 0.6 is 34.8 Å². The van der Waals surface area contributed by atoms with Crippen molar-refractivity contribution in [2.75, 3.05) is 0 Å². The van der Waals surface area contributed by atoms with E-state index in [0.29, 0.717) is 78.4 Å². The number of carbonyl (C=O) groups excluding carboxylic acids is 6. The minimum atomic E-state index is -0.996. The molecule has 6 aromatic carbocycles. The van der Waals surface area contributed by atoms with Gasteiger partial charge in [0.2, 0.25) is 5.69 Å². The van der Waals surface area contributed by atoms with Crippen molar-refractivity contribution < 1.29 is 68.3 Å². The summed E-state index contributed by atoms with van der Waals surface area (Å²) in [6.07, 6.45) is 10.1. The standard InChI is InChI=1S/C16H17FN2O.C15H11FN2O.C15H14FNO.C14H10Cl2FNO.C14H10ClF2NO.C14H10F3NO.5C2H6/c1-10(2)13-6-12(4-5-14(13)17)7-16(20)15-9-18-11(3)8-19-15;1-10-7-11(3-5-13(10)16)8-15(19)14-6-4-12(17-2)9-18-14;1-10-3-6-14(17-9-10)15(18)8-12-4-5-13(16)11(2)7-12;1-8-4-9(2-3-12(8)17)5-13(19)14-11(16)6-10(15)7-18-14;2*1-8-4-9(2-3-11(8)16)5-13(19)14-12(17)6-10(15)7-18-14;5*1-2/h4-6,8-10H,7H2,1-3H3;3-7,9H,8H2,1H3;3-7,9H,8H2,1-2H3;3*2-4,6-7H,5H2,1H3;5*1-2H3. The Morgan fingerprint density at radius 3 is 0.960 bits per heavy atom. The summed E-state index contributed by atoms with van der Waals surface area (Å²) in [6, 6.07) is 37.0. The number of aromatic nitrogens is 7. The summed E-state index contributed by atoms with van der Waals surface area (Å²) in [5.41, 5.74) is 10.1. The lowest BCUT2D eigenvalue weighted by Crippen LogP contribution is -2.09. The summed E-state index contributed by atoms with van der Waals surface area (Å²) in [7, 11) is 0. The fraction of sp³-hybridized carbons (Fsp3) is 0.265. The second kappa shape index (κ2) is 56.6. The van der Waals surface area contributed by atoms with Crippen LogP contribution in [0.25, 0.3) is 4.85 Å². The molecule has 124 heavy (non-hydrogen) atoms. The molecule has 26 heteroatoms. The van der Waals surface area contributed by atoms with Gasteiger partial charge in [0.05, 0.1) is 39.7 Å². The Balaban J connectivity index is 0.000000493. The van der Waals surface area contributed by atoms with Crippen LogP contribution in [-0.2, 0) is 38.5 Å². The van der Waals surface area contributed by atoms with Crippen molar-refractivity contribution in [3.8, 4) is 0 Å². The van der Waals surface area contributed by atoms with Crippen molar-refractivity contribution in [2.45, 2.75) is 176 Å². The van der Waals surface area contributed by atoms with Crippen molar-refractivity contribution >= 4 is 75.2 Å². The van der Waals surface area contributed by atoms with Crippen LogP contribution in [0.5, 0.6) is 0 Å². The first kappa shape index (κ1) is 108. The number of nitrogens with zero attached hydrogens (tertiary/aromatic N) is 8. The number of hydrogen-bond acceptors (Lipinski definition) is 13. The number of rotatable bonds is 19. The zero-order chi connectivity index (χ0) is 93.6. The van der Waals surface area contributed by atoms with Gasteiger partial charge in [-0.2, -0.15) is 0 Å². The lowest BCUT2D eigenvalue weighted by Gasteiger charge is -2.09. The number of carbonyl (C=O) groups is 6. The molecule has 0 bridgehead atoms. The van der Waals surface area contributed by atoms with Crippen molar-refractivity contribution in [2.24, 2.45) is 0 Å². The highest BCUT2D eigenvalue weighted by Crippen LogP contribution is 2.25. The normalized spacial score (nSPS) is 9.86. The van der Waals surface area contributed by atoms with Gasteiger partial charge in [-0.25, -0.2) is 64.3 Å². The number of aryl methyl sites for hydroxylation is 7. The van der Waals surface area contributed by atoms with Crippen molar-refractivity contribution in [3.63, 3.8) is 0 Å². The Morgan fingerprint density at radius 1 is 0.315 bits per heavy atom. The molecule has 6 heterocycles. The SMILES string of the molecule is CC.CC.CC.CC.CC.Cc1cc(CC(=O)c2ncc(Cl)cc2Cl)ccc1F.Cc1cc(CC(=O)c2ncc(Cl)cc2F)ccc1F.Cc1cc(CC(=O)c2ncc(F)cc2F)ccc1F.Cc1ccc(C(=O)Cc2ccc(F)c(C)c2)nc1.Cc1cnc(C(=O)Cc2ccc(F)c(C(C)C)c2)cn1.[C-]#[N+]c1ccc(C(=O)Cc2ccc(F)c(C)c2)nc1. The molecule has 0 atom stereocenters. The second-order valence-electron chi connectivity index (χ2n) is 26.3. The van der Waals surface area contributed by atoms with Crippen LogP contribution in [0, 0.1) is 107 Å². The predicted molar refractivity (Wildman–Crippen MR) is 475 cm³/mol. The smallest absolute Gasteiger partial charge is 0.205 e. The van der Waals surface area contributed by atoms with E-state index in [-0.39, 0.29) is 124 Å². The minimum absolute atomic E-state index is 0.0350. The highest BCUT2D eigenvalue weighted by Gasteiger charge is 2.20. The van der Waals surface area contributed by atoms with E-state index in [9.17, 15) is 68.3 Å². The zero-order valence-electron chi connectivity index (χ0n) is 72.9. The molecule has 0 spiro atoms. The number of Topliss-reactive ketones (excluding diaryl/α,β-unsaturated/α-hetero) is 6. The molecule has 0 aliphatic rings. The summed E-state index contributed by atoms with van der Waals surface area (Å²) in [5.74, 6) is -5.87. The summed E-state index contributed by atoms with van der Waals surface area (Å²) in [5, 5.41) is 0.724. The van der Waals surface area contributed by atoms with Gasteiger partial charge >= 0.3 is 0 Å². The van der Waals surface area contributed by atoms with Crippen LogP contribution in [0.15, 0.2) is 195 Å². The van der Waals surface area contributed by atoms with Gasteiger partial charge in [0.1, 0.15) is 74.9 Å². The number of pyridine rings is 5. The summed E-state index contributed by atoms with van der Waals surface area (Å²) < 4.78 is 119. The van der Waals surface area contributed by atoms with E-state index < -0.39 is 34.7 Å². The molecule has 0 N–H and O–H groups in total. The van der Waals surface area contributed by atoms with Gasteiger partial charge in [-0.05, 0) is 187 Å². The summed E-state index contributed by atoms with van der Waals surface area (Å²) in [6.45, 7) is 42.6. The van der Waals surface area contributed by atoms with Crippen molar-refractivity contribution in [1.29, 1.82) is 0 Å². The fourth-order valence-electron chi connectivity index (χ4n) is 10.5. The lowest BCUT2D eigenvalue weighted by molar-refractivity contribution is 0.0975. The zero-order valence-corrected chi connectivity index (χ0v) is 75.1. The molecule has 12 aromatic rings. The monoisotopic (exact) mass is 1760 g/mol. The quantitative estimate of drug-likeness (QED) is 0.0421. The topological polar surface area (TPSA) is 197 Å². The second-order valence-corrected chi connectivity index (χ2v) is 27.5. The molecule has 654 valence electrons. The average Bonchev–Trinajstić information content (AvgIpc) is 0.856. The van der Waals surface area contributed by atoms with Gasteiger partial charge in [-0.15, -0.1) is 0 Å². The Morgan fingerprint density at radius 2 is 0.637 bits per heavy atom. The van der Waals surface area contributed by atoms with Gasteiger partial charge in [0.25, 0.3) is 0 Å². The lowest BCUT2D eigenvalue weighted by atomic mass is 9.97. The molecule has 0 saturated heterocycles. The van der Waals surface area contributed by atoms with Crippen molar-refractivity contribution in [1.82, 2.24) is 34.9 Å². The van der Waals surface area contributed by atoms with Crippen LogP contribution < -0.4 is 0 Å². The molecule has 0 aliphatic heterocycles. The maximum Gasteiger partial charge on any atom is 0.205 e. The molecule has 0 radical (unpaired) electrons. The average molecular weight is 1770 g/mol. The molecule has 6 aromatic heterocycles. The van der Waals surface area contributed by atoms with Crippen molar-refractivity contribution in [3.05, 3.63) is 386 Å². The minimum Gasteiger partial charge on any atom is -0.292 e. The van der Waals surface area contributed by atoms with Crippen LogP contribution in [-0.4, -0.2) is 69.6 Å². The third-order valence-electron chi connectivity index (χ3n) is 16.6. The van der Waals surface area contributed by atoms with Crippen LogP contribution in [0.1, 0.15) is 230 Å². The first-order chi connectivity index (χ1) is 59.0. The van der Waals surface area contributed by atoms with Crippen LogP contribution in [0.4, 0.5) is 45.2 Å². The molecular formula is C98H102Cl3F9N8O6. The first-order valence-corrected chi connectivity index (χ1v) is 40.9. The predicted octanol–water partition coefficient (Wildman–Crippen LogP) is 26.6. The van der Waals surface area contributed by atoms with Gasteiger partial charge in [0, 0.05) is 75.6 Å². The van der Waals surface area contributed by atoms with Gasteiger partial charge in [-0.3, -0.25) is 43.7 Å². The highest BCUT2D eigenvalue weighted by molar-refractivity contribution is 6.36. The van der Waals surface area contributed by atoms with E-state index >= 15 is 0 Å². The van der Waals surface area contributed by atoms with E-state index in [2.05, 4.69) is 39.7 Å². The Kier molecular flexibility index (Phi) is 49.2. The van der Waals surface area contributed by atoms with E-state index in [0.717, 1.165) is 45.8 Å². The van der Waals surface area contributed by atoms with Crippen LogP contribution in [0.3, 0.4) is 0 Å². The van der Waals surface area contributed by atoms with Gasteiger partial charge in [0.15, 0.2) is 46.3 Å². The number of hydrogen-bond donors (Lipinski definition) is 0. The van der Waals surface area contributed by atoms with Gasteiger partial charge in [-0.1, -0.05) is 203 Å². The molecular weight excluding hydrogens is 1660 g/mol. The van der Waals surface area contributed by atoms with E-state index in [4.69, 9.17) is 41.4 Å². The largest absolute Gasteiger partial charge is 0.292 e. The number of halogens is 12. The first-order valence-electron chi connectivity index (χ1n) is 39.8. The highest BCUT2D eigenvalue weighted by atomic mass is 35.5. The molecule has 0 fully saturated rings. The molecule has 14 nitrogen and oxygen atoms in total. The van der Waals surface area contributed by atoms with E-state index in [1.807, 2.05) is 103 Å². The Labute approximate surface area is 736 Å².